The van der Waals surface area contributed by atoms with Gasteiger partial charge in [-0.05, 0) is 25.5 Å². The minimum atomic E-state index is 0.174. The average molecular weight is 412 g/mol. The summed E-state index contributed by atoms with van der Waals surface area (Å²) in [4.78, 5) is 4.66. The van der Waals surface area contributed by atoms with Crippen LogP contribution in [0.1, 0.15) is 34.8 Å². The maximum Gasteiger partial charge on any atom is 0.206 e. The predicted molar refractivity (Wildman–Crippen MR) is 109 cm³/mol. The van der Waals surface area contributed by atoms with Crippen LogP contribution < -0.4 is 5.01 Å². The zero-order valence-corrected chi connectivity index (χ0v) is 16.5. The van der Waals surface area contributed by atoms with Gasteiger partial charge in [0.15, 0.2) is 0 Å². The largest absolute Gasteiger partial charge is 0.231 e. The van der Waals surface area contributed by atoms with Crippen LogP contribution >= 0.6 is 27.3 Å². The Balaban J connectivity index is 1.76. The lowest BCUT2D eigenvalue weighted by Gasteiger charge is -2.21. The third-order valence-electron chi connectivity index (χ3n) is 4.36. The standard InChI is InChI=1S/C20H18BrN3S/c1-13-7-9-15(10-8-13)19-11-18(16-5-3-4-6-17(16)21)23-24(19)20-22-14(2)12-25-20/h3-10,12,19H,11H2,1-2H3. The summed E-state index contributed by atoms with van der Waals surface area (Å²) in [5.41, 5.74) is 5.81. The summed E-state index contributed by atoms with van der Waals surface area (Å²) in [6.45, 7) is 4.14. The number of hydrogen-bond acceptors (Lipinski definition) is 4. The Hall–Kier alpha value is -1.98. The number of halogens is 1. The Morgan fingerprint density at radius 1 is 1.08 bits per heavy atom. The Labute approximate surface area is 160 Å². The van der Waals surface area contributed by atoms with Crippen molar-refractivity contribution in [3.8, 4) is 0 Å². The second-order valence-electron chi connectivity index (χ2n) is 6.27. The first-order chi connectivity index (χ1) is 12.1. The maximum absolute atomic E-state index is 4.95. The zero-order chi connectivity index (χ0) is 17.4. The van der Waals surface area contributed by atoms with Gasteiger partial charge in [-0.25, -0.2) is 9.99 Å². The number of aromatic nitrogens is 1. The smallest absolute Gasteiger partial charge is 0.206 e. The van der Waals surface area contributed by atoms with Gasteiger partial charge in [0.2, 0.25) is 5.13 Å². The van der Waals surface area contributed by atoms with E-state index in [9.17, 15) is 0 Å². The molecule has 1 aromatic heterocycles. The SMILES string of the molecule is Cc1ccc(C2CC(c3ccccc3Br)=NN2c2nc(C)cs2)cc1. The molecule has 5 heteroatoms. The molecule has 1 aliphatic heterocycles. The second-order valence-corrected chi connectivity index (χ2v) is 7.96. The lowest BCUT2D eigenvalue weighted by Crippen LogP contribution is -2.18. The van der Waals surface area contributed by atoms with E-state index >= 15 is 0 Å². The van der Waals surface area contributed by atoms with Crippen molar-refractivity contribution in [1.82, 2.24) is 4.98 Å². The molecule has 3 aromatic rings. The van der Waals surface area contributed by atoms with Crippen LogP contribution in [0.5, 0.6) is 0 Å². The first-order valence-corrected chi connectivity index (χ1v) is 9.89. The van der Waals surface area contributed by atoms with Crippen molar-refractivity contribution in [3.63, 3.8) is 0 Å². The van der Waals surface area contributed by atoms with Gasteiger partial charge < -0.3 is 0 Å². The molecule has 2 heterocycles. The third kappa shape index (κ3) is 3.26. The number of hydrazone groups is 1. The van der Waals surface area contributed by atoms with Crippen LogP contribution in [0.25, 0.3) is 0 Å². The minimum Gasteiger partial charge on any atom is -0.231 e. The average Bonchev–Trinajstić information content (AvgIpc) is 3.22. The molecule has 0 saturated heterocycles. The van der Waals surface area contributed by atoms with E-state index in [-0.39, 0.29) is 6.04 Å². The van der Waals surface area contributed by atoms with Crippen LogP contribution in [0, 0.1) is 13.8 Å². The number of thiazole rings is 1. The van der Waals surface area contributed by atoms with Crippen molar-refractivity contribution in [2.75, 3.05) is 5.01 Å². The van der Waals surface area contributed by atoms with E-state index in [0.29, 0.717) is 0 Å². The quantitative estimate of drug-likeness (QED) is 0.538. The molecule has 1 unspecified atom stereocenters. The second kappa shape index (κ2) is 6.73. The van der Waals surface area contributed by atoms with E-state index in [0.717, 1.165) is 33.0 Å². The van der Waals surface area contributed by atoms with Crippen molar-refractivity contribution in [3.05, 3.63) is 80.8 Å². The van der Waals surface area contributed by atoms with Gasteiger partial charge in [0.1, 0.15) is 0 Å². The molecule has 0 N–H and O–H groups in total. The zero-order valence-electron chi connectivity index (χ0n) is 14.1. The molecule has 0 spiro atoms. The van der Waals surface area contributed by atoms with Gasteiger partial charge in [-0.2, -0.15) is 5.10 Å². The van der Waals surface area contributed by atoms with Gasteiger partial charge in [-0.3, -0.25) is 0 Å². The first-order valence-electron chi connectivity index (χ1n) is 8.22. The van der Waals surface area contributed by atoms with Gasteiger partial charge >= 0.3 is 0 Å². The molecule has 0 radical (unpaired) electrons. The summed E-state index contributed by atoms with van der Waals surface area (Å²) in [6, 6.07) is 17.2. The van der Waals surface area contributed by atoms with Gasteiger partial charge in [0, 0.05) is 21.8 Å². The van der Waals surface area contributed by atoms with Gasteiger partial charge in [-0.15, -0.1) is 11.3 Å². The number of anilines is 1. The molecule has 0 bridgehead atoms. The number of nitrogens with zero attached hydrogens (tertiary/aromatic N) is 3. The number of benzene rings is 2. The summed E-state index contributed by atoms with van der Waals surface area (Å²) in [5, 5.41) is 10.1. The van der Waals surface area contributed by atoms with Crippen LogP contribution in [0.2, 0.25) is 0 Å². The highest BCUT2D eigenvalue weighted by molar-refractivity contribution is 9.10. The molecule has 1 atom stereocenters. The fraction of sp³-hybridized carbons (Fsp3) is 0.200. The highest BCUT2D eigenvalue weighted by Gasteiger charge is 2.32. The monoisotopic (exact) mass is 411 g/mol. The Morgan fingerprint density at radius 3 is 2.52 bits per heavy atom. The Morgan fingerprint density at radius 2 is 1.84 bits per heavy atom. The normalized spacial score (nSPS) is 17.0. The molecule has 1 aliphatic rings. The van der Waals surface area contributed by atoms with E-state index in [1.54, 1.807) is 11.3 Å². The molecule has 126 valence electrons. The summed E-state index contributed by atoms with van der Waals surface area (Å²) in [7, 11) is 0. The highest BCUT2D eigenvalue weighted by Crippen LogP contribution is 2.38. The van der Waals surface area contributed by atoms with Crippen LogP contribution in [-0.2, 0) is 0 Å². The number of rotatable bonds is 3. The molecule has 0 fully saturated rings. The highest BCUT2D eigenvalue weighted by atomic mass is 79.9. The molecule has 4 rings (SSSR count). The minimum absolute atomic E-state index is 0.174. The number of aryl methyl sites for hydroxylation is 2. The molecule has 25 heavy (non-hydrogen) atoms. The third-order valence-corrected chi connectivity index (χ3v) is 6.00. The molecule has 0 saturated carbocycles. The fourth-order valence-electron chi connectivity index (χ4n) is 3.04. The van der Waals surface area contributed by atoms with Crippen LogP contribution in [0.3, 0.4) is 0 Å². The number of hydrogen-bond donors (Lipinski definition) is 0. The fourth-order valence-corrected chi connectivity index (χ4v) is 4.35. The topological polar surface area (TPSA) is 28.5 Å². The van der Waals surface area contributed by atoms with Crippen molar-refractivity contribution < 1.29 is 0 Å². The molecular formula is C20H18BrN3S. The summed E-state index contributed by atoms with van der Waals surface area (Å²) >= 11 is 5.31. The Bertz CT molecular complexity index is 930. The lowest BCUT2D eigenvalue weighted by molar-refractivity contribution is 0.705. The van der Waals surface area contributed by atoms with Crippen molar-refractivity contribution in [1.29, 1.82) is 0 Å². The van der Waals surface area contributed by atoms with Crippen molar-refractivity contribution >= 4 is 38.1 Å². The van der Waals surface area contributed by atoms with Gasteiger partial charge in [-0.1, -0.05) is 64.0 Å². The molecule has 2 aromatic carbocycles. The molecule has 3 nitrogen and oxygen atoms in total. The van der Waals surface area contributed by atoms with Crippen LogP contribution in [-0.4, -0.2) is 10.7 Å². The van der Waals surface area contributed by atoms with E-state index < -0.39 is 0 Å². The predicted octanol–water partition coefficient (Wildman–Crippen LogP) is 5.88. The van der Waals surface area contributed by atoms with Crippen LogP contribution in [0.4, 0.5) is 5.13 Å². The molecule has 0 amide bonds. The van der Waals surface area contributed by atoms with E-state index in [2.05, 4.69) is 80.7 Å². The Kier molecular flexibility index (Phi) is 4.44. The molecular weight excluding hydrogens is 394 g/mol. The first kappa shape index (κ1) is 16.5. The van der Waals surface area contributed by atoms with E-state index in [1.165, 1.54) is 11.1 Å². The summed E-state index contributed by atoms with van der Waals surface area (Å²) in [6.07, 6.45) is 0.865. The molecule has 0 aliphatic carbocycles. The lowest BCUT2D eigenvalue weighted by atomic mass is 9.98. The van der Waals surface area contributed by atoms with Gasteiger partial charge in [0.25, 0.3) is 0 Å². The van der Waals surface area contributed by atoms with E-state index in [1.807, 2.05) is 13.0 Å². The summed E-state index contributed by atoms with van der Waals surface area (Å²) < 4.78 is 1.08. The summed E-state index contributed by atoms with van der Waals surface area (Å²) in [5.74, 6) is 0. The maximum atomic E-state index is 4.95. The van der Waals surface area contributed by atoms with Gasteiger partial charge in [0.05, 0.1) is 17.4 Å². The van der Waals surface area contributed by atoms with Crippen molar-refractivity contribution in [2.45, 2.75) is 26.3 Å². The van der Waals surface area contributed by atoms with E-state index in [4.69, 9.17) is 5.10 Å². The van der Waals surface area contributed by atoms with Crippen LogP contribution in [0.15, 0.2) is 63.5 Å². The van der Waals surface area contributed by atoms with Crippen molar-refractivity contribution in [2.24, 2.45) is 5.10 Å².